The van der Waals surface area contributed by atoms with Crippen LogP contribution in [0.15, 0.2) is 24.3 Å². The highest BCUT2D eigenvalue weighted by atomic mass is 35.5. The minimum atomic E-state index is -0.459. The number of nitrogens with one attached hydrogen (secondary N) is 1. The maximum absolute atomic E-state index is 12.8. The molecule has 1 aromatic rings. The Morgan fingerprint density at radius 2 is 1.90 bits per heavy atom. The van der Waals surface area contributed by atoms with Crippen molar-refractivity contribution in [2.45, 2.75) is 13.5 Å². The van der Waals surface area contributed by atoms with E-state index >= 15 is 0 Å². The van der Waals surface area contributed by atoms with E-state index in [2.05, 4.69) is 5.32 Å². The number of likely N-dealkylation sites (N-methyl/N-ethyl adjacent to an activating group) is 1. The quantitative estimate of drug-likeness (QED) is 0.771. The zero-order valence-corrected chi connectivity index (χ0v) is 12.9. The number of hydrogen-bond acceptors (Lipinski definition) is 4. The van der Waals surface area contributed by atoms with E-state index in [1.54, 1.807) is 26.1 Å². The third-order valence-electron chi connectivity index (χ3n) is 2.59. The summed E-state index contributed by atoms with van der Waals surface area (Å²) in [5.74, 6) is -1.02. The van der Waals surface area contributed by atoms with Gasteiger partial charge in [0, 0.05) is 6.54 Å². The zero-order valence-electron chi connectivity index (χ0n) is 12.1. The molecule has 0 saturated heterocycles. The van der Waals surface area contributed by atoms with Crippen LogP contribution in [0.5, 0.6) is 0 Å². The molecule has 0 aromatic heterocycles. The SMILES string of the molecule is CCOC(=O)CN(Cc1ccc(F)cc1)C(=O)CNC.Cl. The second-order valence-electron chi connectivity index (χ2n) is 4.21. The van der Waals surface area contributed by atoms with Gasteiger partial charge in [-0.05, 0) is 31.7 Å². The molecule has 118 valence electrons. The number of esters is 1. The summed E-state index contributed by atoms with van der Waals surface area (Å²) in [6, 6.07) is 5.81. The number of carbonyl (C=O) groups is 2. The Balaban J connectivity index is 0.00000400. The lowest BCUT2D eigenvalue weighted by molar-refractivity contribution is -0.149. The monoisotopic (exact) mass is 318 g/mol. The molecule has 0 unspecified atom stereocenters. The summed E-state index contributed by atoms with van der Waals surface area (Å²) in [5, 5.41) is 2.74. The predicted octanol–water partition coefficient (Wildman–Crippen LogP) is 1.36. The van der Waals surface area contributed by atoms with E-state index in [-0.39, 0.29) is 50.4 Å². The molecule has 0 fully saturated rings. The van der Waals surface area contributed by atoms with Crippen molar-refractivity contribution in [2.24, 2.45) is 0 Å². The van der Waals surface area contributed by atoms with E-state index in [0.29, 0.717) is 0 Å². The lowest BCUT2D eigenvalue weighted by Gasteiger charge is -2.21. The summed E-state index contributed by atoms with van der Waals surface area (Å²) in [4.78, 5) is 24.8. The van der Waals surface area contributed by atoms with E-state index < -0.39 is 5.97 Å². The Hall–Kier alpha value is -1.66. The van der Waals surface area contributed by atoms with Crippen LogP contribution in [0.4, 0.5) is 4.39 Å². The van der Waals surface area contributed by atoms with E-state index in [9.17, 15) is 14.0 Å². The first-order chi connectivity index (χ1) is 9.56. The summed E-state index contributed by atoms with van der Waals surface area (Å²) in [5.41, 5.74) is 0.750. The van der Waals surface area contributed by atoms with Crippen LogP contribution in [0.2, 0.25) is 0 Å². The Bertz CT molecular complexity index is 454. The minimum Gasteiger partial charge on any atom is -0.465 e. The summed E-state index contributed by atoms with van der Waals surface area (Å²) >= 11 is 0. The number of amides is 1. The maximum Gasteiger partial charge on any atom is 0.325 e. The largest absolute Gasteiger partial charge is 0.465 e. The number of hydrogen-bond donors (Lipinski definition) is 1. The molecule has 0 heterocycles. The van der Waals surface area contributed by atoms with Crippen molar-refractivity contribution >= 4 is 24.3 Å². The van der Waals surface area contributed by atoms with Crippen molar-refractivity contribution in [3.63, 3.8) is 0 Å². The fourth-order valence-electron chi connectivity index (χ4n) is 1.67. The molecule has 0 aliphatic rings. The van der Waals surface area contributed by atoms with Gasteiger partial charge in [0.25, 0.3) is 0 Å². The molecule has 0 radical (unpaired) electrons. The fourth-order valence-corrected chi connectivity index (χ4v) is 1.67. The Morgan fingerprint density at radius 1 is 1.29 bits per heavy atom. The van der Waals surface area contributed by atoms with Crippen molar-refractivity contribution in [2.75, 3.05) is 26.7 Å². The second kappa shape index (κ2) is 10.1. The van der Waals surface area contributed by atoms with Crippen LogP contribution in [-0.4, -0.2) is 43.5 Å². The van der Waals surface area contributed by atoms with Crippen molar-refractivity contribution in [1.82, 2.24) is 10.2 Å². The van der Waals surface area contributed by atoms with Gasteiger partial charge in [-0.15, -0.1) is 12.4 Å². The van der Waals surface area contributed by atoms with Crippen molar-refractivity contribution in [3.05, 3.63) is 35.6 Å². The molecule has 0 spiro atoms. The molecular weight excluding hydrogens is 299 g/mol. The number of nitrogens with zero attached hydrogens (tertiary/aromatic N) is 1. The summed E-state index contributed by atoms with van der Waals surface area (Å²) < 4.78 is 17.7. The van der Waals surface area contributed by atoms with Gasteiger partial charge in [0.2, 0.25) is 5.91 Å². The normalized spacial score (nSPS) is 9.67. The first kappa shape index (κ1) is 19.3. The number of carbonyl (C=O) groups excluding carboxylic acids is 2. The highest BCUT2D eigenvalue weighted by molar-refractivity contribution is 5.85. The van der Waals surface area contributed by atoms with Crippen LogP contribution >= 0.6 is 12.4 Å². The van der Waals surface area contributed by atoms with Gasteiger partial charge >= 0.3 is 5.97 Å². The Kier molecular flexibility index (Phi) is 9.32. The van der Waals surface area contributed by atoms with Crippen LogP contribution in [0.1, 0.15) is 12.5 Å². The molecule has 1 rings (SSSR count). The molecule has 1 amide bonds. The Morgan fingerprint density at radius 3 is 2.43 bits per heavy atom. The Labute approximate surface area is 129 Å². The number of benzene rings is 1. The minimum absolute atomic E-state index is 0. The average Bonchev–Trinajstić information content (AvgIpc) is 2.41. The smallest absolute Gasteiger partial charge is 0.325 e. The van der Waals surface area contributed by atoms with Gasteiger partial charge in [0.05, 0.1) is 13.2 Å². The van der Waals surface area contributed by atoms with Gasteiger partial charge in [-0.3, -0.25) is 9.59 Å². The summed E-state index contributed by atoms with van der Waals surface area (Å²) in [6.07, 6.45) is 0. The molecular formula is C14H20ClFN2O3. The van der Waals surface area contributed by atoms with Crippen LogP contribution in [0.25, 0.3) is 0 Å². The van der Waals surface area contributed by atoms with Gasteiger partial charge in [0.1, 0.15) is 12.4 Å². The molecule has 7 heteroatoms. The zero-order chi connectivity index (χ0) is 15.0. The molecule has 21 heavy (non-hydrogen) atoms. The molecule has 0 saturated carbocycles. The lowest BCUT2D eigenvalue weighted by atomic mass is 10.2. The standard InChI is InChI=1S/C14H19FN2O3.ClH/c1-3-20-14(19)10-17(13(18)8-16-2)9-11-4-6-12(15)7-5-11;/h4-7,16H,3,8-10H2,1-2H3;1H. The maximum atomic E-state index is 12.8. The van der Waals surface area contributed by atoms with Crippen molar-refractivity contribution in [3.8, 4) is 0 Å². The van der Waals surface area contributed by atoms with E-state index in [4.69, 9.17) is 4.74 Å². The third kappa shape index (κ3) is 7.06. The highest BCUT2D eigenvalue weighted by Crippen LogP contribution is 2.07. The van der Waals surface area contributed by atoms with Crippen LogP contribution in [0.3, 0.4) is 0 Å². The topological polar surface area (TPSA) is 58.6 Å². The van der Waals surface area contributed by atoms with Crippen LogP contribution < -0.4 is 5.32 Å². The third-order valence-corrected chi connectivity index (χ3v) is 2.59. The second-order valence-corrected chi connectivity index (χ2v) is 4.21. The lowest BCUT2D eigenvalue weighted by Crippen LogP contribution is -2.40. The molecule has 0 bridgehead atoms. The first-order valence-corrected chi connectivity index (χ1v) is 6.39. The van der Waals surface area contributed by atoms with Crippen LogP contribution in [0, 0.1) is 5.82 Å². The van der Waals surface area contributed by atoms with Gasteiger partial charge < -0.3 is 15.0 Å². The molecule has 0 atom stereocenters. The molecule has 0 aliphatic heterocycles. The van der Waals surface area contributed by atoms with E-state index in [1.807, 2.05) is 0 Å². The predicted molar refractivity (Wildman–Crippen MR) is 79.6 cm³/mol. The highest BCUT2D eigenvalue weighted by Gasteiger charge is 2.17. The van der Waals surface area contributed by atoms with E-state index in [0.717, 1.165) is 5.56 Å². The van der Waals surface area contributed by atoms with Gasteiger partial charge in [0.15, 0.2) is 0 Å². The summed E-state index contributed by atoms with van der Waals surface area (Å²) in [7, 11) is 1.65. The average molecular weight is 319 g/mol. The van der Waals surface area contributed by atoms with Crippen molar-refractivity contribution < 1.29 is 18.7 Å². The van der Waals surface area contributed by atoms with Crippen LogP contribution in [-0.2, 0) is 20.9 Å². The van der Waals surface area contributed by atoms with Gasteiger partial charge in [-0.1, -0.05) is 12.1 Å². The molecule has 1 N–H and O–H groups in total. The number of rotatable bonds is 7. The molecule has 5 nitrogen and oxygen atoms in total. The fraction of sp³-hybridized carbons (Fsp3) is 0.429. The van der Waals surface area contributed by atoms with Crippen molar-refractivity contribution in [1.29, 1.82) is 0 Å². The molecule has 1 aromatic carbocycles. The number of halogens is 2. The van der Waals surface area contributed by atoms with Gasteiger partial charge in [-0.25, -0.2) is 4.39 Å². The number of ether oxygens (including phenoxy) is 1. The van der Waals surface area contributed by atoms with E-state index in [1.165, 1.54) is 17.0 Å². The molecule has 0 aliphatic carbocycles. The first-order valence-electron chi connectivity index (χ1n) is 6.39. The summed E-state index contributed by atoms with van der Waals surface area (Å²) in [6.45, 7) is 2.22. The van der Waals surface area contributed by atoms with Gasteiger partial charge in [-0.2, -0.15) is 0 Å².